The molecule has 0 radical (unpaired) electrons. The zero-order valence-electron chi connectivity index (χ0n) is 24.3. The average Bonchev–Trinajstić information content (AvgIpc) is 2.97. The number of hydrogen-bond acceptors (Lipinski definition) is 9. The first-order valence-corrected chi connectivity index (χ1v) is 15.3. The maximum absolute atomic E-state index is 13.6. The lowest BCUT2D eigenvalue weighted by Crippen LogP contribution is -2.62. The van der Waals surface area contributed by atoms with Crippen LogP contribution in [0.3, 0.4) is 0 Å². The summed E-state index contributed by atoms with van der Waals surface area (Å²) in [7, 11) is 2.44. The molecule has 43 heavy (non-hydrogen) atoms. The molecule has 3 aromatic rings. The van der Waals surface area contributed by atoms with Crippen LogP contribution in [0.4, 0.5) is 5.95 Å². The zero-order chi connectivity index (χ0) is 31.3. The van der Waals surface area contributed by atoms with Gasteiger partial charge in [0.1, 0.15) is 5.75 Å². The minimum Gasteiger partial charge on any atom is -0.507 e. The van der Waals surface area contributed by atoms with E-state index in [1.165, 1.54) is 38.4 Å². The van der Waals surface area contributed by atoms with Crippen LogP contribution in [0.25, 0.3) is 17.2 Å². The summed E-state index contributed by atoms with van der Waals surface area (Å²) in [5.41, 5.74) is 1.90. The van der Waals surface area contributed by atoms with Crippen LogP contribution in [-0.4, -0.2) is 108 Å². The molecule has 0 spiro atoms. The van der Waals surface area contributed by atoms with Gasteiger partial charge >= 0.3 is 0 Å². The minimum atomic E-state index is -4.05. The number of amides is 2. The normalized spacial score (nSPS) is 17.7. The molecular formula is C29H34ClN7O5S. The number of hydrogen-bond donors (Lipinski definition) is 1. The molecule has 4 rings (SSSR count). The number of aromatic hydroxyl groups is 1. The van der Waals surface area contributed by atoms with Gasteiger partial charge in [0, 0.05) is 100 Å². The van der Waals surface area contributed by atoms with Crippen LogP contribution in [-0.2, 0) is 19.6 Å². The van der Waals surface area contributed by atoms with E-state index in [1.54, 1.807) is 57.9 Å². The summed E-state index contributed by atoms with van der Waals surface area (Å²) in [4.78, 5) is 43.8. The number of carbonyl (C=O) groups is 2. The Morgan fingerprint density at radius 1 is 0.953 bits per heavy atom. The Morgan fingerprint density at radius 2 is 1.51 bits per heavy atom. The predicted molar refractivity (Wildman–Crippen MR) is 165 cm³/mol. The summed E-state index contributed by atoms with van der Waals surface area (Å²) >= 11 is 5.90. The van der Waals surface area contributed by atoms with Crippen LogP contribution in [0, 0.1) is 0 Å². The molecular weight excluding hydrogens is 594 g/mol. The summed E-state index contributed by atoms with van der Waals surface area (Å²) in [6.45, 7) is -0.109. The van der Waals surface area contributed by atoms with Crippen LogP contribution >= 0.6 is 11.6 Å². The largest absolute Gasteiger partial charge is 0.507 e. The van der Waals surface area contributed by atoms with E-state index in [1.807, 2.05) is 12.1 Å². The van der Waals surface area contributed by atoms with Gasteiger partial charge in [-0.05, 0) is 42.0 Å². The predicted octanol–water partition coefficient (Wildman–Crippen LogP) is 2.71. The Balaban J connectivity index is 1.72. The number of phenolic OH excluding ortho intramolecular Hbond substituents is 1. The molecule has 1 N–H and O–H groups in total. The Morgan fingerprint density at radius 3 is 2.02 bits per heavy atom. The highest BCUT2D eigenvalue weighted by Gasteiger charge is 2.41. The molecule has 14 heteroatoms. The number of carbonyl (C=O) groups excluding carboxylic acids is 2. The first kappa shape index (κ1) is 31.9. The molecule has 2 amide bonds. The van der Waals surface area contributed by atoms with Crippen LogP contribution in [0.1, 0.15) is 18.4 Å². The number of halogens is 1. The van der Waals surface area contributed by atoms with Crippen LogP contribution in [0.2, 0.25) is 5.02 Å². The van der Waals surface area contributed by atoms with Gasteiger partial charge in [-0.2, -0.15) is 4.31 Å². The number of benzene rings is 1. The number of piperazine rings is 1. The molecule has 0 aliphatic carbocycles. The van der Waals surface area contributed by atoms with Crippen molar-refractivity contribution in [2.45, 2.75) is 24.9 Å². The maximum atomic E-state index is 13.6. The van der Waals surface area contributed by atoms with Gasteiger partial charge in [-0.1, -0.05) is 11.6 Å². The van der Waals surface area contributed by atoms with Gasteiger partial charge in [-0.25, -0.2) is 18.4 Å². The number of nitrogens with zero attached hydrogens (tertiary/aromatic N) is 7. The van der Waals surface area contributed by atoms with Crippen molar-refractivity contribution in [3.8, 4) is 16.9 Å². The van der Waals surface area contributed by atoms with E-state index in [2.05, 4.69) is 15.0 Å². The van der Waals surface area contributed by atoms with Crippen LogP contribution < -0.4 is 4.90 Å². The number of aromatic nitrogens is 3. The summed E-state index contributed by atoms with van der Waals surface area (Å²) in [6.07, 6.45) is 7.84. The van der Waals surface area contributed by atoms with Crippen LogP contribution in [0.15, 0.2) is 60.5 Å². The van der Waals surface area contributed by atoms with E-state index in [0.717, 1.165) is 16.5 Å². The first-order valence-electron chi connectivity index (χ1n) is 13.4. The van der Waals surface area contributed by atoms with Crippen molar-refractivity contribution in [1.29, 1.82) is 0 Å². The third kappa shape index (κ3) is 7.86. The molecule has 1 fully saturated rings. The Kier molecular flexibility index (Phi) is 9.99. The van der Waals surface area contributed by atoms with Crippen molar-refractivity contribution in [2.24, 2.45) is 0 Å². The highest BCUT2D eigenvalue weighted by molar-refractivity contribution is 7.92. The van der Waals surface area contributed by atoms with Crippen LogP contribution in [0.5, 0.6) is 5.75 Å². The van der Waals surface area contributed by atoms with Crippen molar-refractivity contribution in [1.82, 2.24) is 29.1 Å². The zero-order valence-corrected chi connectivity index (χ0v) is 25.9. The lowest BCUT2D eigenvalue weighted by molar-refractivity contribution is -0.129. The number of anilines is 1. The third-order valence-electron chi connectivity index (χ3n) is 7.09. The second kappa shape index (κ2) is 13.5. The summed E-state index contributed by atoms with van der Waals surface area (Å²) in [5, 5.41) is 11.5. The van der Waals surface area contributed by atoms with Gasteiger partial charge in [0.25, 0.3) is 0 Å². The van der Waals surface area contributed by atoms with Gasteiger partial charge < -0.3 is 19.8 Å². The average molecular weight is 628 g/mol. The summed E-state index contributed by atoms with van der Waals surface area (Å²) in [6, 6.07) is 6.67. The van der Waals surface area contributed by atoms with E-state index in [9.17, 15) is 23.1 Å². The van der Waals surface area contributed by atoms with Gasteiger partial charge in [0.15, 0.2) is 0 Å². The lowest BCUT2D eigenvalue weighted by atomic mass is 10.0. The molecule has 12 nitrogen and oxygen atoms in total. The topological polar surface area (TPSA) is 140 Å². The molecule has 228 valence electrons. The minimum absolute atomic E-state index is 0.0389. The molecule has 2 atom stereocenters. The Bertz CT molecular complexity index is 1550. The van der Waals surface area contributed by atoms with E-state index < -0.39 is 22.1 Å². The van der Waals surface area contributed by atoms with E-state index in [4.69, 9.17) is 11.6 Å². The second-order valence-corrected chi connectivity index (χ2v) is 12.8. The quantitative estimate of drug-likeness (QED) is 0.379. The highest BCUT2D eigenvalue weighted by Crippen LogP contribution is 2.30. The molecule has 3 heterocycles. The smallest absolute Gasteiger partial charge is 0.236 e. The van der Waals surface area contributed by atoms with E-state index in [0.29, 0.717) is 5.02 Å². The number of sulfonamides is 1. The van der Waals surface area contributed by atoms with Gasteiger partial charge in [0.05, 0.1) is 12.1 Å². The second-order valence-electron chi connectivity index (χ2n) is 10.6. The molecule has 1 aliphatic rings. The Labute approximate surface area is 256 Å². The fourth-order valence-electron chi connectivity index (χ4n) is 4.70. The molecule has 0 bridgehead atoms. The number of rotatable bonds is 9. The number of phenols is 1. The van der Waals surface area contributed by atoms with Crippen molar-refractivity contribution in [3.63, 3.8) is 0 Å². The standard InChI is InChI=1S/C29H34ClN7O5S/c1-34(2)27(39)14-24-18-36(43(41,42)12-9-21-5-6-23(30)13-26(21)38)19-25(15-28(40)35(3)4)37(24)29-32-16-22(17-33-29)20-7-10-31-11-8-20/h5-13,16-17,24-25,38H,14-15,18-19H2,1-4H3/b12-9+. The van der Waals surface area contributed by atoms with E-state index >= 15 is 0 Å². The highest BCUT2D eigenvalue weighted by atomic mass is 35.5. The molecule has 2 unspecified atom stereocenters. The fraction of sp³-hybridized carbons (Fsp3) is 0.345. The number of pyridine rings is 1. The Hall–Kier alpha value is -4.07. The first-order chi connectivity index (χ1) is 20.4. The summed E-state index contributed by atoms with van der Waals surface area (Å²) < 4.78 is 28.4. The van der Waals surface area contributed by atoms with Crippen molar-refractivity contribution >= 4 is 45.5 Å². The van der Waals surface area contributed by atoms with E-state index in [-0.39, 0.29) is 55.0 Å². The monoisotopic (exact) mass is 627 g/mol. The van der Waals surface area contributed by atoms with Crippen molar-refractivity contribution in [2.75, 3.05) is 46.2 Å². The lowest BCUT2D eigenvalue weighted by Gasteiger charge is -2.46. The molecule has 1 aliphatic heterocycles. The van der Waals surface area contributed by atoms with Gasteiger partial charge in [-0.3, -0.25) is 14.6 Å². The molecule has 1 aromatic carbocycles. The molecule has 0 saturated carbocycles. The summed E-state index contributed by atoms with van der Waals surface area (Å²) in [5.74, 6) is -0.325. The molecule has 2 aromatic heterocycles. The SMILES string of the molecule is CN(C)C(=O)CC1CN(S(=O)(=O)/C=C/c2ccc(Cl)cc2O)CC(CC(=O)N(C)C)N1c1ncc(-c2ccncc2)cn1. The maximum Gasteiger partial charge on any atom is 0.236 e. The van der Waals surface area contributed by atoms with Gasteiger partial charge in [-0.15, -0.1) is 0 Å². The fourth-order valence-corrected chi connectivity index (χ4v) is 6.12. The molecule has 1 saturated heterocycles. The van der Waals surface area contributed by atoms with Crippen molar-refractivity contribution in [3.05, 3.63) is 71.1 Å². The third-order valence-corrected chi connectivity index (χ3v) is 8.82. The van der Waals surface area contributed by atoms with Gasteiger partial charge in [0.2, 0.25) is 27.8 Å². The van der Waals surface area contributed by atoms with Crippen molar-refractivity contribution < 1.29 is 23.1 Å².